The Bertz CT molecular complexity index is 636. The lowest BCUT2D eigenvalue weighted by atomic mass is 9.80. The minimum atomic E-state index is 0. The SMILES string of the molecule is Cc1ncc(CN2CCC(N)C(C)(C)C2)n1-c1ccccc1.Cl. The van der Waals surface area contributed by atoms with Gasteiger partial charge in [0.05, 0.1) is 11.9 Å². The van der Waals surface area contributed by atoms with Crippen molar-refractivity contribution in [1.82, 2.24) is 14.5 Å². The van der Waals surface area contributed by atoms with Crippen LogP contribution in [-0.2, 0) is 6.54 Å². The van der Waals surface area contributed by atoms with E-state index in [1.807, 2.05) is 12.3 Å². The maximum Gasteiger partial charge on any atom is 0.110 e. The van der Waals surface area contributed by atoms with Gasteiger partial charge in [-0.3, -0.25) is 9.47 Å². The lowest BCUT2D eigenvalue weighted by Crippen LogP contribution is -2.52. The molecule has 1 aromatic heterocycles. The second kappa shape index (κ2) is 7.04. The van der Waals surface area contributed by atoms with Crippen LogP contribution < -0.4 is 5.73 Å². The van der Waals surface area contributed by atoms with Crippen LogP contribution in [0.3, 0.4) is 0 Å². The number of aromatic nitrogens is 2. The number of nitrogens with zero attached hydrogens (tertiary/aromatic N) is 3. The number of likely N-dealkylation sites (tertiary alicyclic amines) is 1. The van der Waals surface area contributed by atoms with Crippen LogP contribution in [0.15, 0.2) is 36.5 Å². The van der Waals surface area contributed by atoms with Gasteiger partial charge in [-0.25, -0.2) is 4.98 Å². The summed E-state index contributed by atoms with van der Waals surface area (Å²) >= 11 is 0. The molecule has 1 unspecified atom stereocenters. The first-order chi connectivity index (χ1) is 10.5. The second-order valence-corrected chi connectivity index (χ2v) is 7.06. The maximum absolute atomic E-state index is 6.25. The highest BCUT2D eigenvalue weighted by molar-refractivity contribution is 5.85. The molecule has 1 aromatic carbocycles. The molecule has 1 saturated heterocycles. The average molecular weight is 335 g/mol. The summed E-state index contributed by atoms with van der Waals surface area (Å²) in [5.41, 5.74) is 8.85. The highest BCUT2D eigenvalue weighted by atomic mass is 35.5. The van der Waals surface area contributed by atoms with Crippen LogP contribution in [-0.4, -0.2) is 33.6 Å². The van der Waals surface area contributed by atoms with E-state index in [0.717, 1.165) is 31.9 Å². The predicted molar refractivity (Wildman–Crippen MR) is 97.2 cm³/mol. The number of imidazole rings is 1. The molecule has 0 aliphatic carbocycles. The molecule has 0 saturated carbocycles. The number of para-hydroxylation sites is 1. The Morgan fingerprint density at radius 3 is 2.61 bits per heavy atom. The molecule has 1 atom stereocenters. The van der Waals surface area contributed by atoms with E-state index in [-0.39, 0.29) is 17.8 Å². The van der Waals surface area contributed by atoms with Crippen molar-refractivity contribution in [3.05, 3.63) is 48.0 Å². The van der Waals surface area contributed by atoms with E-state index < -0.39 is 0 Å². The fourth-order valence-corrected chi connectivity index (χ4v) is 3.38. The van der Waals surface area contributed by atoms with Crippen LogP contribution in [0.1, 0.15) is 31.8 Å². The van der Waals surface area contributed by atoms with Gasteiger partial charge in [-0.2, -0.15) is 0 Å². The van der Waals surface area contributed by atoms with Gasteiger partial charge in [-0.1, -0.05) is 32.0 Å². The summed E-state index contributed by atoms with van der Waals surface area (Å²) in [5.74, 6) is 1.04. The Morgan fingerprint density at radius 2 is 1.96 bits per heavy atom. The Balaban J connectivity index is 0.00000192. The average Bonchev–Trinajstić information content (AvgIpc) is 2.84. The Kier molecular flexibility index (Phi) is 5.50. The third-order valence-electron chi connectivity index (χ3n) is 4.80. The molecule has 23 heavy (non-hydrogen) atoms. The molecule has 1 aliphatic heterocycles. The summed E-state index contributed by atoms with van der Waals surface area (Å²) in [6.45, 7) is 9.61. The molecule has 0 spiro atoms. The number of aryl methyl sites for hydroxylation is 1. The number of hydrogen-bond acceptors (Lipinski definition) is 3. The molecule has 2 heterocycles. The third kappa shape index (κ3) is 3.77. The van der Waals surface area contributed by atoms with Gasteiger partial charge in [0.25, 0.3) is 0 Å². The van der Waals surface area contributed by atoms with Gasteiger partial charge in [-0.05, 0) is 30.9 Å². The summed E-state index contributed by atoms with van der Waals surface area (Å²) in [6.07, 6.45) is 3.06. The molecule has 0 bridgehead atoms. The summed E-state index contributed by atoms with van der Waals surface area (Å²) < 4.78 is 2.25. The predicted octanol–water partition coefficient (Wildman–Crippen LogP) is 3.16. The number of hydrogen-bond donors (Lipinski definition) is 1. The van der Waals surface area contributed by atoms with Crippen LogP contribution >= 0.6 is 12.4 Å². The monoisotopic (exact) mass is 334 g/mol. The lowest BCUT2D eigenvalue weighted by Gasteiger charge is -2.42. The van der Waals surface area contributed by atoms with Crippen LogP contribution in [0.2, 0.25) is 0 Å². The van der Waals surface area contributed by atoms with Crippen LogP contribution in [0, 0.1) is 12.3 Å². The zero-order valence-corrected chi connectivity index (χ0v) is 15.0. The van der Waals surface area contributed by atoms with Crippen molar-refractivity contribution >= 4 is 12.4 Å². The first-order valence-corrected chi connectivity index (χ1v) is 8.04. The first-order valence-electron chi connectivity index (χ1n) is 8.04. The summed E-state index contributed by atoms with van der Waals surface area (Å²) in [6, 6.07) is 10.7. The normalized spacial score (nSPS) is 21.0. The lowest BCUT2D eigenvalue weighted by molar-refractivity contribution is 0.0885. The molecule has 4 nitrogen and oxygen atoms in total. The molecule has 3 rings (SSSR count). The molecule has 0 amide bonds. The number of halogens is 1. The second-order valence-electron chi connectivity index (χ2n) is 7.06. The van der Waals surface area contributed by atoms with Crippen LogP contribution in [0.5, 0.6) is 0 Å². The number of rotatable bonds is 3. The van der Waals surface area contributed by atoms with Crippen molar-refractivity contribution in [2.45, 2.75) is 39.8 Å². The van der Waals surface area contributed by atoms with E-state index in [2.05, 4.69) is 59.5 Å². The molecular formula is C18H27ClN4. The minimum absolute atomic E-state index is 0. The van der Waals surface area contributed by atoms with Crippen molar-refractivity contribution in [1.29, 1.82) is 0 Å². The van der Waals surface area contributed by atoms with Crippen LogP contribution in [0.25, 0.3) is 5.69 Å². The fraction of sp³-hybridized carbons (Fsp3) is 0.500. The van der Waals surface area contributed by atoms with Gasteiger partial charge in [0.1, 0.15) is 5.82 Å². The summed E-state index contributed by atoms with van der Waals surface area (Å²) in [4.78, 5) is 7.02. The highest BCUT2D eigenvalue weighted by Gasteiger charge is 2.33. The largest absolute Gasteiger partial charge is 0.327 e. The van der Waals surface area contributed by atoms with Gasteiger partial charge in [0.2, 0.25) is 0 Å². The molecule has 126 valence electrons. The topological polar surface area (TPSA) is 47.1 Å². The Hall–Kier alpha value is -1.36. The smallest absolute Gasteiger partial charge is 0.110 e. The highest BCUT2D eigenvalue weighted by Crippen LogP contribution is 2.29. The molecule has 0 radical (unpaired) electrons. The van der Waals surface area contributed by atoms with Gasteiger partial charge >= 0.3 is 0 Å². The minimum Gasteiger partial charge on any atom is -0.327 e. The molecule has 5 heteroatoms. The Morgan fingerprint density at radius 1 is 1.26 bits per heavy atom. The maximum atomic E-state index is 6.25. The molecular weight excluding hydrogens is 308 g/mol. The fourth-order valence-electron chi connectivity index (χ4n) is 3.38. The van der Waals surface area contributed by atoms with Gasteiger partial charge < -0.3 is 5.73 Å². The van der Waals surface area contributed by atoms with Crippen LogP contribution in [0.4, 0.5) is 0 Å². The standard InChI is InChI=1S/C18H26N4.ClH/c1-14-20-11-16(22(14)15-7-5-4-6-8-15)12-21-10-9-17(19)18(2,3)13-21;/h4-8,11,17H,9-10,12-13,19H2,1-3H3;1H. The van der Waals surface area contributed by atoms with E-state index in [9.17, 15) is 0 Å². The first kappa shape index (κ1) is 18.0. The van der Waals surface area contributed by atoms with Gasteiger partial charge in [0, 0.05) is 31.4 Å². The number of nitrogens with two attached hydrogens (primary N) is 1. The van der Waals surface area contributed by atoms with Crippen molar-refractivity contribution in [3.63, 3.8) is 0 Å². The van der Waals surface area contributed by atoms with Gasteiger partial charge in [-0.15, -0.1) is 12.4 Å². The van der Waals surface area contributed by atoms with E-state index in [1.54, 1.807) is 0 Å². The molecule has 2 aromatic rings. The number of benzene rings is 1. The quantitative estimate of drug-likeness (QED) is 0.937. The summed E-state index contributed by atoms with van der Waals surface area (Å²) in [7, 11) is 0. The van der Waals surface area contributed by atoms with E-state index in [0.29, 0.717) is 6.04 Å². The Labute approximate surface area is 145 Å². The van der Waals surface area contributed by atoms with E-state index >= 15 is 0 Å². The molecule has 1 aliphatic rings. The van der Waals surface area contributed by atoms with Crippen molar-refractivity contribution in [2.24, 2.45) is 11.1 Å². The molecule has 1 fully saturated rings. The zero-order valence-electron chi connectivity index (χ0n) is 14.2. The van der Waals surface area contributed by atoms with Gasteiger partial charge in [0.15, 0.2) is 0 Å². The van der Waals surface area contributed by atoms with E-state index in [4.69, 9.17) is 5.73 Å². The van der Waals surface area contributed by atoms with E-state index in [1.165, 1.54) is 11.4 Å². The zero-order chi connectivity index (χ0) is 15.7. The van der Waals surface area contributed by atoms with Crippen molar-refractivity contribution in [2.75, 3.05) is 13.1 Å². The number of piperidine rings is 1. The van der Waals surface area contributed by atoms with Crippen molar-refractivity contribution in [3.8, 4) is 5.69 Å². The summed E-state index contributed by atoms with van der Waals surface area (Å²) in [5, 5.41) is 0. The third-order valence-corrected chi connectivity index (χ3v) is 4.80. The van der Waals surface area contributed by atoms with Crippen molar-refractivity contribution < 1.29 is 0 Å². The molecule has 2 N–H and O–H groups in total.